The SMILES string of the molecule is O=C(O)CCc1ccc2c(c1)CCN(c1nc(OC3CCC3)c(F)cc1F)C2. The molecule has 1 aliphatic heterocycles. The van der Waals surface area contributed by atoms with Gasteiger partial charge in [-0.05, 0) is 48.8 Å². The highest BCUT2D eigenvalue weighted by Crippen LogP contribution is 2.31. The van der Waals surface area contributed by atoms with Gasteiger partial charge in [-0.15, -0.1) is 0 Å². The largest absolute Gasteiger partial charge is 0.481 e. The van der Waals surface area contributed by atoms with Gasteiger partial charge in [-0.25, -0.2) is 8.78 Å². The van der Waals surface area contributed by atoms with Crippen molar-refractivity contribution in [2.75, 3.05) is 11.4 Å². The van der Waals surface area contributed by atoms with E-state index < -0.39 is 17.6 Å². The summed E-state index contributed by atoms with van der Waals surface area (Å²) >= 11 is 0. The zero-order chi connectivity index (χ0) is 19.7. The molecule has 1 saturated carbocycles. The first-order valence-electron chi connectivity index (χ1n) is 9.59. The van der Waals surface area contributed by atoms with E-state index in [1.807, 2.05) is 18.2 Å². The number of nitrogens with zero attached hydrogens (tertiary/aromatic N) is 2. The van der Waals surface area contributed by atoms with Gasteiger partial charge in [0.05, 0.1) is 0 Å². The number of carboxylic acid groups (broad SMARTS) is 1. The van der Waals surface area contributed by atoms with Gasteiger partial charge in [-0.3, -0.25) is 4.79 Å². The Morgan fingerprint density at radius 2 is 2.04 bits per heavy atom. The molecule has 0 atom stereocenters. The summed E-state index contributed by atoms with van der Waals surface area (Å²) in [5.41, 5.74) is 3.15. The van der Waals surface area contributed by atoms with Crippen molar-refractivity contribution in [3.63, 3.8) is 0 Å². The van der Waals surface area contributed by atoms with Crippen molar-refractivity contribution in [1.29, 1.82) is 0 Å². The Morgan fingerprint density at radius 1 is 1.21 bits per heavy atom. The average Bonchev–Trinajstić information content (AvgIpc) is 2.63. The van der Waals surface area contributed by atoms with E-state index in [0.717, 1.165) is 42.0 Å². The maximum atomic E-state index is 14.4. The summed E-state index contributed by atoms with van der Waals surface area (Å²) in [6.07, 6.45) is 4.03. The number of aromatic nitrogens is 1. The number of halogens is 2. The molecule has 0 spiro atoms. The van der Waals surface area contributed by atoms with E-state index in [4.69, 9.17) is 9.84 Å². The Kier molecular flexibility index (Phi) is 5.15. The predicted octanol–water partition coefficient (Wildman–Crippen LogP) is 3.87. The normalized spacial score (nSPS) is 16.4. The van der Waals surface area contributed by atoms with Crippen LogP contribution in [0.5, 0.6) is 5.88 Å². The quantitative estimate of drug-likeness (QED) is 0.814. The molecule has 2 aromatic rings. The Morgan fingerprint density at radius 3 is 2.75 bits per heavy atom. The number of anilines is 1. The molecule has 0 radical (unpaired) electrons. The van der Waals surface area contributed by atoms with Gasteiger partial charge in [0.25, 0.3) is 5.88 Å². The van der Waals surface area contributed by atoms with Gasteiger partial charge in [0, 0.05) is 25.6 Å². The molecule has 0 amide bonds. The van der Waals surface area contributed by atoms with Gasteiger partial charge >= 0.3 is 5.97 Å². The first-order chi connectivity index (χ1) is 13.5. The summed E-state index contributed by atoms with van der Waals surface area (Å²) in [7, 11) is 0. The fraction of sp³-hybridized carbons (Fsp3) is 0.429. The number of pyridine rings is 1. The lowest BCUT2D eigenvalue weighted by atomic mass is 9.95. The van der Waals surface area contributed by atoms with Gasteiger partial charge in [0.1, 0.15) is 6.10 Å². The Bertz CT molecular complexity index is 899. The van der Waals surface area contributed by atoms with Crippen LogP contribution in [0.2, 0.25) is 0 Å². The lowest BCUT2D eigenvalue weighted by Crippen LogP contribution is -2.32. The van der Waals surface area contributed by atoms with E-state index in [1.54, 1.807) is 4.90 Å². The van der Waals surface area contributed by atoms with Crippen LogP contribution in [-0.2, 0) is 24.2 Å². The Balaban J connectivity index is 1.52. The molecule has 1 fully saturated rings. The number of aryl methyl sites for hydroxylation is 1. The number of carboxylic acids is 1. The molecular formula is C21H22F2N2O3. The molecule has 0 unspecified atom stereocenters. The summed E-state index contributed by atoms with van der Waals surface area (Å²) in [6, 6.07) is 6.73. The van der Waals surface area contributed by atoms with Crippen LogP contribution in [0.25, 0.3) is 0 Å². The van der Waals surface area contributed by atoms with Crippen molar-refractivity contribution in [1.82, 2.24) is 4.98 Å². The lowest BCUT2D eigenvalue weighted by Gasteiger charge is -2.31. The Labute approximate surface area is 162 Å². The highest BCUT2D eigenvalue weighted by Gasteiger charge is 2.26. The molecule has 2 aliphatic rings. The van der Waals surface area contributed by atoms with Crippen LogP contribution in [-0.4, -0.2) is 28.7 Å². The summed E-state index contributed by atoms with van der Waals surface area (Å²) in [5, 5.41) is 8.83. The van der Waals surface area contributed by atoms with Crippen LogP contribution in [0.1, 0.15) is 42.4 Å². The highest BCUT2D eigenvalue weighted by atomic mass is 19.1. The van der Waals surface area contributed by atoms with Crippen LogP contribution < -0.4 is 9.64 Å². The van der Waals surface area contributed by atoms with Crippen molar-refractivity contribution in [2.24, 2.45) is 0 Å². The van der Waals surface area contributed by atoms with Crippen molar-refractivity contribution in [3.8, 4) is 5.88 Å². The molecule has 7 heteroatoms. The average molecular weight is 388 g/mol. The number of hydrogen-bond acceptors (Lipinski definition) is 4. The van der Waals surface area contributed by atoms with Crippen LogP contribution >= 0.6 is 0 Å². The number of carbonyl (C=O) groups is 1. The van der Waals surface area contributed by atoms with Crippen molar-refractivity contribution in [3.05, 3.63) is 52.6 Å². The molecular weight excluding hydrogens is 366 g/mol. The fourth-order valence-electron chi connectivity index (χ4n) is 3.59. The second kappa shape index (κ2) is 7.73. The molecule has 0 bridgehead atoms. The third kappa shape index (κ3) is 3.93. The van der Waals surface area contributed by atoms with E-state index >= 15 is 0 Å². The number of hydrogen-bond donors (Lipinski definition) is 1. The van der Waals surface area contributed by atoms with E-state index in [9.17, 15) is 13.6 Å². The number of aliphatic carboxylic acids is 1. The lowest BCUT2D eigenvalue weighted by molar-refractivity contribution is -0.136. The minimum atomic E-state index is -0.818. The summed E-state index contributed by atoms with van der Waals surface area (Å²) in [6.45, 7) is 1.01. The standard InChI is InChI=1S/C21H22F2N2O3/c22-17-11-18(23)21(28-16-2-1-3-16)24-20(17)25-9-8-14-10-13(5-7-19(26)27)4-6-15(14)12-25/h4,6,10-11,16H,1-3,5,7-9,12H2,(H,26,27). The summed E-state index contributed by atoms with van der Waals surface area (Å²) < 4.78 is 34.0. The minimum Gasteiger partial charge on any atom is -0.481 e. The van der Waals surface area contributed by atoms with Crippen LogP contribution in [0.4, 0.5) is 14.6 Å². The third-order valence-corrected chi connectivity index (χ3v) is 5.42. The molecule has 28 heavy (non-hydrogen) atoms. The molecule has 1 N–H and O–H groups in total. The molecule has 1 aliphatic carbocycles. The predicted molar refractivity (Wildman–Crippen MR) is 99.6 cm³/mol. The number of fused-ring (bicyclic) bond motifs is 1. The van der Waals surface area contributed by atoms with Crippen molar-refractivity contribution >= 4 is 11.8 Å². The minimum absolute atomic E-state index is 0.0355. The zero-order valence-corrected chi connectivity index (χ0v) is 15.5. The van der Waals surface area contributed by atoms with E-state index in [2.05, 4.69) is 4.98 Å². The van der Waals surface area contributed by atoms with Crippen LogP contribution in [0.15, 0.2) is 24.3 Å². The van der Waals surface area contributed by atoms with Gasteiger partial charge in [-0.2, -0.15) is 4.98 Å². The molecule has 2 heterocycles. The van der Waals surface area contributed by atoms with Crippen molar-refractivity contribution in [2.45, 2.75) is 51.2 Å². The van der Waals surface area contributed by atoms with Crippen LogP contribution in [0.3, 0.4) is 0 Å². The second-order valence-electron chi connectivity index (χ2n) is 7.42. The highest BCUT2D eigenvalue weighted by molar-refractivity contribution is 5.67. The first kappa shape index (κ1) is 18.7. The number of ether oxygens (including phenoxy) is 1. The maximum absolute atomic E-state index is 14.4. The molecule has 1 aromatic carbocycles. The zero-order valence-electron chi connectivity index (χ0n) is 15.5. The molecule has 148 valence electrons. The smallest absolute Gasteiger partial charge is 0.303 e. The molecule has 5 nitrogen and oxygen atoms in total. The number of benzene rings is 1. The molecule has 1 aromatic heterocycles. The monoisotopic (exact) mass is 388 g/mol. The second-order valence-corrected chi connectivity index (χ2v) is 7.42. The summed E-state index contributed by atoms with van der Waals surface area (Å²) in [4.78, 5) is 16.7. The van der Waals surface area contributed by atoms with Gasteiger partial charge in [0.15, 0.2) is 17.5 Å². The van der Waals surface area contributed by atoms with Gasteiger partial charge in [-0.1, -0.05) is 18.2 Å². The molecule has 0 saturated heterocycles. The topological polar surface area (TPSA) is 62.7 Å². The van der Waals surface area contributed by atoms with Gasteiger partial charge in [0.2, 0.25) is 0 Å². The van der Waals surface area contributed by atoms with Gasteiger partial charge < -0.3 is 14.7 Å². The van der Waals surface area contributed by atoms with Crippen molar-refractivity contribution < 1.29 is 23.4 Å². The van der Waals surface area contributed by atoms with E-state index in [0.29, 0.717) is 25.9 Å². The first-order valence-corrected chi connectivity index (χ1v) is 9.59. The number of rotatable bonds is 6. The van der Waals surface area contributed by atoms with E-state index in [1.165, 1.54) is 0 Å². The maximum Gasteiger partial charge on any atom is 0.303 e. The summed E-state index contributed by atoms with van der Waals surface area (Å²) in [5.74, 6) is -2.30. The van der Waals surface area contributed by atoms with Crippen LogP contribution in [0, 0.1) is 11.6 Å². The fourth-order valence-corrected chi connectivity index (χ4v) is 3.59. The Hall–Kier alpha value is -2.70. The van der Waals surface area contributed by atoms with E-state index in [-0.39, 0.29) is 24.2 Å². The third-order valence-electron chi connectivity index (χ3n) is 5.42. The molecule has 4 rings (SSSR count).